The van der Waals surface area contributed by atoms with Crippen molar-refractivity contribution in [2.75, 3.05) is 6.61 Å². The molecule has 14 nitrogen and oxygen atoms in total. The number of phosphoric ester groups is 1. The minimum Gasteiger partial charge on any atom is -0.394 e. The quantitative estimate of drug-likeness (QED) is 0.185. The molecule has 1 heterocycles. The first-order valence-corrected chi connectivity index (χ1v) is 9.34. The summed E-state index contributed by atoms with van der Waals surface area (Å²) in [6, 6.07) is 0. The summed E-state index contributed by atoms with van der Waals surface area (Å²) in [5.41, 5.74) is 0. The first-order valence-electron chi connectivity index (χ1n) is 7.81. The maximum atomic E-state index is 11.1. The van der Waals surface area contributed by atoms with Gasteiger partial charge in [-0.3, -0.25) is 4.52 Å². The van der Waals surface area contributed by atoms with Crippen LogP contribution < -0.4 is 0 Å². The van der Waals surface area contributed by atoms with Crippen LogP contribution in [0.1, 0.15) is 0 Å². The summed E-state index contributed by atoms with van der Waals surface area (Å²) >= 11 is 0. The fourth-order valence-corrected chi connectivity index (χ4v) is 3.52. The van der Waals surface area contributed by atoms with E-state index in [1.807, 2.05) is 0 Å². The zero-order valence-electron chi connectivity index (χ0n) is 13.6. The van der Waals surface area contributed by atoms with Crippen molar-refractivity contribution >= 4 is 7.82 Å². The van der Waals surface area contributed by atoms with E-state index in [1.165, 1.54) is 0 Å². The van der Waals surface area contributed by atoms with Gasteiger partial charge < -0.3 is 60.1 Å². The van der Waals surface area contributed by atoms with Crippen LogP contribution >= 0.6 is 7.82 Å². The molecule has 27 heavy (non-hydrogen) atoms. The summed E-state index contributed by atoms with van der Waals surface area (Å²) in [6.45, 7) is -0.801. The monoisotopic (exact) mass is 422 g/mol. The van der Waals surface area contributed by atoms with Crippen molar-refractivity contribution < 1.29 is 69.2 Å². The van der Waals surface area contributed by atoms with Crippen molar-refractivity contribution in [2.24, 2.45) is 0 Å². The molecule has 2 fully saturated rings. The van der Waals surface area contributed by atoms with Crippen LogP contribution in [0.15, 0.2) is 0 Å². The van der Waals surface area contributed by atoms with Gasteiger partial charge in [0.05, 0.1) is 6.61 Å². The maximum Gasteiger partial charge on any atom is 0.470 e. The van der Waals surface area contributed by atoms with Crippen LogP contribution in [0.5, 0.6) is 0 Å². The van der Waals surface area contributed by atoms with E-state index in [-0.39, 0.29) is 0 Å². The highest BCUT2D eigenvalue weighted by Crippen LogP contribution is 2.42. The molecule has 1 aliphatic heterocycles. The Morgan fingerprint density at radius 1 is 0.741 bits per heavy atom. The molecule has 1 unspecified atom stereocenters. The maximum absolute atomic E-state index is 11.1. The Bertz CT molecular complexity index is 540. The molecule has 1 saturated heterocycles. The third-order valence-corrected chi connectivity index (χ3v) is 4.96. The zero-order chi connectivity index (χ0) is 20.7. The highest BCUT2D eigenvalue weighted by Gasteiger charge is 2.54. The molecule has 10 N–H and O–H groups in total. The van der Waals surface area contributed by atoms with Gasteiger partial charge >= 0.3 is 7.82 Å². The SMILES string of the molecule is O=P(O)(O)O[C@@H]1[C@@H](O)[C@H](O)[C@@H](O)[C@H](O)[C@@H]1OC1O[C@H](CO)[C@@H](O)[C@H](O)[C@@H]1O. The second-order valence-electron chi connectivity index (χ2n) is 6.32. The molecule has 0 aromatic carbocycles. The van der Waals surface area contributed by atoms with Gasteiger partial charge in [-0.05, 0) is 0 Å². The van der Waals surface area contributed by atoms with Crippen molar-refractivity contribution in [1.29, 1.82) is 0 Å². The first kappa shape index (κ1) is 23.0. The van der Waals surface area contributed by atoms with Crippen LogP contribution in [-0.2, 0) is 18.6 Å². The van der Waals surface area contributed by atoms with Gasteiger partial charge in [-0.1, -0.05) is 0 Å². The Morgan fingerprint density at radius 3 is 1.70 bits per heavy atom. The molecule has 0 aromatic rings. The largest absolute Gasteiger partial charge is 0.470 e. The van der Waals surface area contributed by atoms with Crippen LogP contribution in [0, 0.1) is 0 Å². The topological polar surface area (TPSA) is 247 Å². The highest BCUT2D eigenvalue weighted by atomic mass is 31.2. The van der Waals surface area contributed by atoms with Crippen molar-refractivity contribution in [3.05, 3.63) is 0 Å². The molecule has 0 spiro atoms. The standard InChI is InChI=1S/C12H23O14P/c13-1-2-3(14)4(15)9(20)12(24-2)25-10-7(18)5(16)6(17)8(19)11(10)26-27(21,22)23/h2-20H,1H2,(H2,21,22,23)/t2-,3-,4+,5-,6-,7+,8+,9+,10+,11-,12?/m1/s1. The third-order valence-electron chi connectivity index (χ3n) is 4.45. The van der Waals surface area contributed by atoms with Crippen LogP contribution in [0.2, 0.25) is 0 Å². The highest BCUT2D eigenvalue weighted by molar-refractivity contribution is 7.46. The Morgan fingerprint density at radius 2 is 1.22 bits per heavy atom. The molecule has 1 saturated carbocycles. The summed E-state index contributed by atoms with van der Waals surface area (Å²) < 4.78 is 25.7. The van der Waals surface area contributed by atoms with Gasteiger partial charge in [-0.2, -0.15) is 0 Å². The Hall–Kier alpha value is -0.290. The number of aliphatic hydroxyl groups excluding tert-OH is 8. The number of hydrogen-bond acceptors (Lipinski definition) is 12. The number of phosphoric acid groups is 1. The van der Waals surface area contributed by atoms with E-state index in [0.29, 0.717) is 0 Å². The van der Waals surface area contributed by atoms with E-state index in [4.69, 9.17) is 24.4 Å². The fourth-order valence-electron chi connectivity index (χ4n) is 2.95. The molecule has 2 aliphatic rings. The Labute approximate surface area is 152 Å². The molecule has 160 valence electrons. The molecule has 11 atom stereocenters. The predicted molar refractivity (Wildman–Crippen MR) is 79.6 cm³/mol. The molecule has 0 amide bonds. The van der Waals surface area contributed by atoms with Gasteiger partial charge in [0, 0.05) is 0 Å². The molecule has 0 bridgehead atoms. The lowest BCUT2D eigenvalue weighted by molar-refractivity contribution is -0.338. The van der Waals surface area contributed by atoms with Crippen molar-refractivity contribution in [3.8, 4) is 0 Å². The second-order valence-corrected chi connectivity index (χ2v) is 7.51. The second kappa shape index (κ2) is 8.61. The van der Waals surface area contributed by atoms with Crippen LogP contribution in [0.4, 0.5) is 0 Å². The Kier molecular flexibility index (Phi) is 7.33. The van der Waals surface area contributed by atoms with Gasteiger partial charge in [-0.25, -0.2) is 4.57 Å². The molecular weight excluding hydrogens is 399 g/mol. The summed E-state index contributed by atoms with van der Waals surface area (Å²) in [4.78, 5) is 17.9. The molecule has 1 aliphatic carbocycles. The minimum absolute atomic E-state index is 0.801. The van der Waals surface area contributed by atoms with Crippen molar-refractivity contribution in [3.63, 3.8) is 0 Å². The Balaban J connectivity index is 2.27. The summed E-state index contributed by atoms with van der Waals surface area (Å²) in [7, 11) is -5.27. The summed E-state index contributed by atoms with van der Waals surface area (Å²) in [6.07, 6.45) is -21.1. The van der Waals surface area contributed by atoms with Crippen LogP contribution in [0.3, 0.4) is 0 Å². The fraction of sp³-hybridized carbons (Fsp3) is 1.00. The van der Waals surface area contributed by atoms with Crippen molar-refractivity contribution in [1.82, 2.24) is 0 Å². The molecular formula is C12H23O14P. The third kappa shape index (κ3) is 4.83. The molecule has 0 radical (unpaired) electrons. The predicted octanol–water partition coefficient (Wildman–Crippen LogP) is -5.89. The zero-order valence-corrected chi connectivity index (χ0v) is 14.5. The lowest BCUT2D eigenvalue weighted by Crippen LogP contribution is -2.67. The summed E-state index contributed by atoms with van der Waals surface area (Å²) in [5.74, 6) is 0. The van der Waals surface area contributed by atoms with E-state index < -0.39 is 81.8 Å². The average Bonchev–Trinajstić information content (AvgIpc) is 2.60. The van der Waals surface area contributed by atoms with E-state index in [2.05, 4.69) is 4.52 Å². The number of hydrogen-bond donors (Lipinski definition) is 10. The van der Waals surface area contributed by atoms with E-state index >= 15 is 0 Å². The first-order chi connectivity index (χ1) is 12.4. The van der Waals surface area contributed by atoms with Gasteiger partial charge in [0.15, 0.2) is 6.29 Å². The average molecular weight is 422 g/mol. The molecule has 15 heteroatoms. The van der Waals surface area contributed by atoms with Crippen LogP contribution in [0.25, 0.3) is 0 Å². The number of ether oxygens (including phenoxy) is 2. The number of aliphatic hydroxyl groups is 8. The van der Waals surface area contributed by atoms with Gasteiger partial charge in [0.2, 0.25) is 0 Å². The van der Waals surface area contributed by atoms with E-state index in [9.17, 15) is 40.3 Å². The van der Waals surface area contributed by atoms with Crippen LogP contribution in [-0.4, -0.2) is 125 Å². The lowest BCUT2D eigenvalue weighted by Gasteiger charge is -2.46. The molecule has 2 rings (SSSR count). The van der Waals surface area contributed by atoms with Gasteiger partial charge in [0.1, 0.15) is 61.0 Å². The molecule has 0 aromatic heterocycles. The minimum atomic E-state index is -5.27. The lowest BCUT2D eigenvalue weighted by atomic mass is 9.84. The van der Waals surface area contributed by atoms with Crippen molar-refractivity contribution in [2.45, 2.75) is 67.3 Å². The number of rotatable bonds is 5. The summed E-state index contributed by atoms with van der Waals surface area (Å²) in [5, 5.41) is 78.0. The van der Waals surface area contributed by atoms with E-state index in [1.54, 1.807) is 0 Å². The smallest absolute Gasteiger partial charge is 0.394 e. The van der Waals surface area contributed by atoms with Gasteiger partial charge in [0.25, 0.3) is 0 Å². The van der Waals surface area contributed by atoms with Gasteiger partial charge in [-0.15, -0.1) is 0 Å². The normalized spacial score (nSPS) is 49.2. The van der Waals surface area contributed by atoms with E-state index in [0.717, 1.165) is 0 Å².